The molecule has 1 aromatic carbocycles. The molecule has 1 aromatic rings. The molecular formula is C12H13FO. The fourth-order valence-corrected chi connectivity index (χ4v) is 2.14. The Hall–Kier alpha value is -1.18. The molecule has 1 fully saturated rings. The highest BCUT2D eigenvalue weighted by Crippen LogP contribution is 2.44. The summed E-state index contributed by atoms with van der Waals surface area (Å²) in [6.45, 7) is 1.63. The average molecular weight is 192 g/mol. The monoisotopic (exact) mass is 192 g/mol. The van der Waals surface area contributed by atoms with Gasteiger partial charge in [0, 0.05) is 0 Å². The fraction of sp³-hybridized carbons (Fsp3) is 0.417. The highest BCUT2D eigenvalue weighted by Gasteiger charge is 2.42. The molecule has 2 rings (SSSR count). The first-order valence-electron chi connectivity index (χ1n) is 4.92. The molecule has 0 amide bonds. The van der Waals surface area contributed by atoms with Crippen LogP contribution in [0.1, 0.15) is 31.7 Å². The molecule has 0 atom stereocenters. The van der Waals surface area contributed by atoms with Crippen LogP contribution in [0.15, 0.2) is 24.3 Å². The minimum Gasteiger partial charge on any atom is -0.299 e. The predicted octanol–water partition coefficient (Wildman–Crippen LogP) is 2.84. The van der Waals surface area contributed by atoms with Gasteiger partial charge in [-0.05, 0) is 37.5 Å². The fourth-order valence-electron chi connectivity index (χ4n) is 2.14. The summed E-state index contributed by atoms with van der Waals surface area (Å²) < 4.78 is 12.7. The van der Waals surface area contributed by atoms with E-state index in [1.807, 2.05) is 0 Å². The summed E-state index contributed by atoms with van der Waals surface area (Å²) in [5, 5.41) is 0. The summed E-state index contributed by atoms with van der Waals surface area (Å²) in [4.78, 5) is 11.5. The highest BCUT2D eigenvalue weighted by molar-refractivity contribution is 5.89. The van der Waals surface area contributed by atoms with Crippen LogP contribution in [0.4, 0.5) is 4.39 Å². The van der Waals surface area contributed by atoms with Gasteiger partial charge in [0.2, 0.25) is 0 Å². The lowest BCUT2D eigenvalue weighted by Crippen LogP contribution is -2.40. The molecule has 0 unspecified atom stereocenters. The largest absolute Gasteiger partial charge is 0.299 e. The summed E-state index contributed by atoms with van der Waals surface area (Å²) >= 11 is 0. The van der Waals surface area contributed by atoms with Crippen molar-refractivity contribution >= 4 is 5.78 Å². The minimum atomic E-state index is -0.298. The summed E-state index contributed by atoms with van der Waals surface area (Å²) in [5.41, 5.74) is 0.672. The Balaban J connectivity index is 2.37. The molecule has 0 saturated heterocycles. The number of benzene rings is 1. The van der Waals surface area contributed by atoms with Gasteiger partial charge in [-0.2, -0.15) is 0 Å². The number of hydrogen-bond acceptors (Lipinski definition) is 1. The SMILES string of the molecule is CC(=O)C1(c2ccc(F)cc2)CCC1. The molecule has 0 heterocycles. The molecule has 0 spiro atoms. The molecular weight excluding hydrogens is 179 g/mol. The van der Waals surface area contributed by atoms with Gasteiger partial charge in [-0.15, -0.1) is 0 Å². The van der Waals surface area contributed by atoms with Crippen molar-refractivity contribution in [2.75, 3.05) is 0 Å². The van der Waals surface area contributed by atoms with Gasteiger partial charge in [-0.3, -0.25) is 4.79 Å². The zero-order valence-corrected chi connectivity index (χ0v) is 8.22. The van der Waals surface area contributed by atoms with Crippen molar-refractivity contribution in [2.45, 2.75) is 31.6 Å². The lowest BCUT2D eigenvalue weighted by molar-refractivity contribution is -0.125. The second-order valence-electron chi connectivity index (χ2n) is 4.00. The lowest BCUT2D eigenvalue weighted by Gasteiger charge is -2.40. The van der Waals surface area contributed by atoms with Crippen molar-refractivity contribution in [1.82, 2.24) is 0 Å². The van der Waals surface area contributed by atoms with Crippen molar-refractivity contribution in [2.24, 2.45) is 0 Å². The van der Waals surface area contributed by atoms with Crippen LogP contribution in [0.25, 0.3) is 0 Å². The van der Waals surface area contributed by atoms with Crippen molar-refractivity contribution in [3.8, 4) is 0 Å². The molecule has 2 heteroatoms. The third-order valence-corrected chi connectivity index (χ3v) is 3.28. The maximum absolute atomic E-state index is 12.7. The Kier molecular flexibility index (Phi) is 2.14. The Morgan fingerprint density at radius 3 is 2.21 bits per heavy atom. The van der Waals surface area contributed by atoms with E-state index in [1.165, 1.54) is 12.1 Å². The summed E-state index contributed by atoms with van der Waals surface area (Å²) in [5.74, 6) is -0.0397. The lowest BCUT2D eigenvalue weighted by atomic mass is 9.62. The van der Waals surface area contributed by atoms with E-state index in [-0.39, 0.29) is 17.0 Å². The van der Waals surface area contributed by atoms with Gasteiger partial charge in [0.25, 0.3) is 0 Å². The van der Waals surface area contributed by atoms with Gasteiger partial charge < -0.3 is 0 Å². The average Bonchev–Trinajstić information content (AvgIpc) is 2.05. The molecule has 1 aliphatic rings. The summed E-state index contributed by atoms with van der Waals surface area (Å²) in [6.07, 6.45) is 2.92. The van der Waals surface area contributed by atoms with Crippen molar-refractivity contribution < 1.29 is 9.18 Å². The van der Waals surface area contributed by atoms with E-state index < -0.39 is 0 Å². The Morgan fingerprint density at radius 1 is 1.29 bits per heavy atom. The zero-order chi connectivity index (χ0) is 10.2. The quantitative estimate of drug-likeness (QED) is 0.704. The molecule has 0 aromatic heterocycles. The molecule has 1 saturated carbocycles. The van der Waals surface area contributed by atoms with Crippen LogP contribution < -0.4 is 0 Å². The first-order chi connectivity index (χ1) is 6.65. The number of hydrogen-bond donors (Lipinski definition) is 0. The third kappa shape index (κ3) is 1.26. The van der Waals surface area contributed by atoms with Crippen LogP contribution in [0.3, 0.4) is 0 Å². The van der Waals surface area contributed by atoms with Crippen molar-refractivity contribution in [1.29, 1.82) is 0 Å². The molecule has 1 nitrogen and oxygen atoms in total. The second kappa shape index (κ2) is 3.19. The third-order valence-electron chi connectivity index (χ3n) is 3.28. The first-order valence-corrected chi connectivity index (χ1v) is 4.92. The van der Waals surface area contributed by atoms with Crippen LogP contribution in [-0.4, -0.2) is 5.78 Å². The predicted molar refractivity (Wildman–Crippen MR) is 52.6 cm³/mol. The second-order valence-corrected chi connectivity index (χ2v) is 4.00. The maximum atomic E-state index is 12.7. The summed E-state index contributed by atoms with van der Waals surface area (Å²) in [7, 11) is 0. The van der Waals surface area contributed by atoms with Crippen molar-refractivity contribution in [3.63, 3.8) is 0 Å². The normalized spacial score (nSPS) is 18.7. The highest BCUT2D eigenvalue weighted by atomic mass is 19.1. The van der Waals surface area contributed by atoms with E-state index in [0.717, 1.165) is 24.8 Å². The number of Topliss-reactive ketones (excluding diaryl/α,β-unsaturated/α-hetero) is 1. The first kappa shape index (κ1) is 9.38. The molecule has 1 aliphatic carbocycles. The van der Waals surface area contributed by atoms with E-state index in [0.29, 0.717) is 0 Å². The number of rotatable bonds is 2. The van der Waals surface area contributed by atoms with E-state index in [4.69, 9.17) is 0 Å². The van der Waals surface area contributed by atoms with Gasteiger partial charge in [-0.25, -0.2) is 4.39 Å². The van der Waals surface area contributed by atoms with Crippen LogP contribution in [0, 0.1) is 5.82 Å². The van der Waals surface area contributed by atoms with Gasteiger partial charge >= 0.3 is 0 Å². The summed E-state index contributed by atoms with van der Waals surface area (Å²) in [6, 6.07) is 6.32. The maximum Gasteiger partial charge on any atom is 0.140 e. The van der Waals surface area contributed by atoms with Crippen LogP contribution in [0.5, 0.6) is 0 Å². The topological polar surface area (TPSA) is 17.1 Å². The molecule has 0 bridgehead atoms. The van der Waals surface area contributed by atoms with E-state index in [9.17, 15) is 9.18 Å². The molecule has 0 radical (unpaired) electrons. The molecule has 74 valence electrons. The van der Waals surface area contributed by atoms with E-state index >= 15 is 0 Å². The van der Waals surface area contributed by atoms with Gasteiger partial charge in [0.1, 0.15) is 11.6 Å². The smallest absolute Gasteiger partial charge is 0.140 e. The van der Waals surface area contributed by atoms with Gasteiger partial charge in [0.05, 0.1) is 5.41 Å². The van der Waals surface area contributed by atoms with E-state index in [1.54, 1.807) is 19.1 Å². The number of halogens is 1. The molecule has 14 heavy (non-hydrogen) atoms. The Morgan fingerprint density at radius 2 is 1.86 bits per heavy atom. The molecule has 0 aliphatic heterocycles. The Bertz CT molecular complexity index is 349. The number of ketones is 1. The van der Waals surface area contributed by atoms with Crippen molar-refractivity contribution in [3.05, 3.63) is 35.6 Å². The van der Waals surface area contributed by atoms with Gasteiger partial charge in [-0.1, -0.05) is 18.6 Å². The number of carbonyl (C=O) groups excluding carboxylic acids is 1. The van der Waals surface area contributed by atoms with Gasteiger partial charge in [0.15, 0.2) is 0 Å². The van der Waals surface area contributed by atoms with Crippen LogP contribution in [0.2, 0.25) is 0 Å². The standard InChI is InChI=1S/C12H13FO/c1-9(14)12(7-2-8-12)10-3-5-11(13)6-4-10/h3-6H,2,7-8H2,1H3. The number of carbonyl (C=O) groups is 1. The zero-order valence-electron chi connectivity index (χ0n) is 8.22. The minimum absolute atomic E-state index is 0.204. The molecule has 0 N–H and O–H groups in total. The Labute approximate surface area is 82.9 Å². The van der Waals surface area contributed by atoms with Crippen LogP contribution in [-0.2, 0) is 10.2 Å². The van der Waals surface area contributed by atoms with Crippen LogP contribution >= 0.6 is 0 Å². The van der Waals surface area contributed by atoms with E-state index in [2.05, 4.69) is 0 Å².